The maximum absolute atomic E-state index is 4.65. The normalized spacial score (nSPS) is 11.4. The van der Waals surface area contributed by atoms with E-state index in [0.717, 1.165) is 61.2 Å². The third-order valence-electron chi connectivity index (χ3n) is 3.98. The molecule has 2 N–H and O–H groups in total. The van der Waals surface area contributed by atoms with Gasteiger partial charge in [0, 0.05) is 55.9 Å². The van der Waals surface area contributed by atoms with Crippen molar-refractivity contribution in [3.63, 3.8) is 0 Å². The Labute approximate surface area is 181 Å². The molecule has 0 spiro atoms. The summed E-state index contributed by atoms with van der Waals surface area (Å²) in [6.45, 7) is 6.62. The molecule has 0 saturated heterocycles. The van der Waals surface area contributed by atoms with E-state index in [2.05, 4.69) is 45.6 Å². The molecule has 0 radical (unpaired) electrons. The van der Waals surface area contributed by atoms with E-state index in [1.165, 1.54) is 4.88 Å². The SMILES string of the molecule is CCNC(=NCCc1ncc(CC)s1)NCCc1cn2ccccc2n1.I. The molecule has 0 aromatic carbocycles. The van der Waals surface area contributed by atoms with Crippen LogP contribution in [0.3, 0.4) is 0 Å². The van der Waals surface area contributed by atoms with Gasteiger partial charge in [-0.05, 0) is 25.5 Å². The maximum atomic E-state index is 4.65. The van der Waals surface area contributed by atoms with Gasteiger partial charge in [0.15, 0.2) is 5.96 Å². The van der Waals surface area contributed by atoms with Crippen molar-refractivity contribution in [1.29, 1.82) is 0 Å². The summed E-state index contributed by atoms with van der Waals surface area (Å²) in [6, 6.07) is 6.04. The van der Waals surface area contributed by atoms with Gasteiger partial charge in [-0.3, -0.25) is 4.99 Å². The van der Waals surface area contributed by atoms with E-state index in [4.69, 9.17) is 0 Å². The first-order valence-corrected chi connectivity index (χ1v) is 9.98. The lowest BCUT2D eigenvalue weighted by molar-refractivity contribution is 0.788. The van der Waals surface area contributed by atoms with Crippen molar-refractivity contribution in [1.82, 2.24) is 25.0 Å². The van der Waals surface area contributed by atoms with Gasteiger partial charge in [0.25, 0.3) is 0 Å². The largest absolute Gasteiger partial charge is 0.357 e. The minimum Gasteiger partial charge on any atom is -0.357 e. The Bertz CT molecular complexity index is 824. The Morgan fingerprint density at radius 1 is 1.22 bits per heavy atom. The second kappa shape index (κ2) is 11.2. The summed E-state index contributed by atoms with van der Waals surface area (Å²) < 4.78 is 2.05. The first-order valence-electron chi connectivity index (χ1n) is 9.17. The van der Waals surface area contributed by atoms with E-state index < -0.39 is 0 Å². The number of thiazole rings is 1. The maximum Gasteiger partial charge on any atom is 0.191 e. The number of nitrogens with one attached hydrogen (secondary N) is 2. The number of imidazole rings is 1. The first kappa shape index (κ1) is 21.6. The number of aryl methyl sites for hydroxylation is 1. The molecular formula is C19H27IN6S. The summed E-state index contributed by atoms with van der Waals surface area (Å²) in [5, 5.41) is 7.84. The van der Waals surface area contributed by atoms with E-state index in [0.29, 0.717) is 0 Å². The number of fused-ring (bicyclic) bond motifs is 1. The van der Waals surface area contributed by atoms with Crippen molar-refractivity contribution in [2.45, 2.75) is 33.1 Å². The number of guanidine groups is 1. The Morgan fingerprint density at radius 3 is 2.85 bits per heavy atom. The minimum atomic E-state index is 0. The average Bonchev–Trinajstić information content (AvgIpc) is 3.27. The standard InChI is InChI=1S/C19H26N6S.HI/c1-3-16-13-23-18(26-16)9-11-22-19(20-4-2)21-10-8-15-14-25-12-6-5-7-17(25)24-15;/h5-7,12-14H,3-4,8-11H2,1-2H3,(H2,20,21,22);1H. The second-order valence-corrected chi connectivity index (χ2v) is 7.16. The highest BCUT2D eigenvalue weighted by Gasteiger charge is 2.03. The van der Waals surface area contributed by atoms with E-state index in [-0.39, 0.29) is 24.0 Å². The highest BCUT2D eigenvalue weighted by Crippen LogP contribution is 2.13. The van der Waals surface area contributed by atoms with Gasteiger partial charge in [0.05, 0.1) is 10.7 Å². The molecule has 146 valence electrons. The lowest BCUT2D eigenvalue weighted by atomic mass is 10.3. The van der Waals surface area contributed by atoms with Gasteiger partial charge >= 0.3 is 0 Å². The van der Waals surface area contributed by atoms with E-state index in [9.17, 15) is 0 Å². The fourth-order valence-corrected chi connectivity index (χ4v) is 3.50. The number of aromatic nitrogens is 3. The lowest BCUT2D eigenvalue weighted by Crippen LogP contribution is -2.38. The van der Waals surface area contributed by atoms with Crippen LogP contribution in [0.4, 0.5) is 0 Å². The minimum absolute atomic E-state index is 0. The van der Waals surface area contributed by atoms with Crippen molar-refractivity contribution >= 4 is 46.9 Å². The lowest BCUT2D eigenvalue weighted by Gasteiger charge is -2.10. The molecule has 0 fully saturated rings. The molecule has 0 bridgehead atoms. The summed E-state index contributed by atoms with van der Waals surface area (Å²) >= 11 is 1.78. The van der Waals surface area contributed by atoms with Crippen LogP contribution in [0.5, 0.6) is 0 Å². The second-order valence-electron chi connectivity index (χ2n) is 5.96. The number of rotatable bonds is 8. The van der Waals surface area contributed by atoms with Crippen molar-refractivity contribution in [3.05, 3.63) is 52.4 Å². The van der Waals surface area contributed by atoms with Crippen molar-refractivity contribution < 1.29 is 0 Å². The molecule has 3 aromatic rings. The Kier molecular flexibility index (Phi) is 8.99. The number of halogens is 1. The Hall–Kier alpha value is -1.68. The molecule has 0 unspecified atom stereocenters. The van der Waals surface area contributed by atoms with E-state index in [1.807, 2.05) is 35.0 Å². The summed E-state index contributed by atoms with van der Waals surface area (Å²) in [4.78, 5) is 15.1. The van der Waals surface area contributed by atoms with Crippen LogP contribution in [0, 0.1) is 0 Å². The smallest absolute Gasteiger partial charge is 0.191 e. The molecule has 0 amide bonds. The zero-order valence-corrected chi connectivity index (χ0v) is 19.0. The molecule has 3 heterocycles. The molecule has 0 atom stereocenters. The molecule has 0 saturated carbocycles. The monoisotopic (exact) mass is 498 g/mol. The molecular weight excluding hydrogens is 471 g/mol. The average molecular weight is 498 g/mol. The topological polar surface area (TPSA) is 66.6 Å². The predicted molar refractivity (Wildman–Crippen MR) is 123 cm³/mol. The van der Waals surface area contributed by atoms with Gasteiger partial charge in [0.2, 0.25) is 0 Å². The number of hydrogen-bond acceptors (Lipinski definition) is 4. The van der Waals surface area contributed by atoms with Crippen LogP contribution in [-0.4, -0.2) is 40.0 Å². The van der Waals surface area contributed by atoms with Crippen LogP contribution >= 0.6 is 35.3 Å². The quantitative estimate of drug-likeness (QED) is 0.284. The molecule has 27 heavy (non-hydrogen) atoms. The van der Waals surface area contributed by atoms with Crippen LogP contribution < -0.4 is 10.6 Å². The summed E-state index contributed by atoms with van der Waals surface area (Å²) in [7, 11) is 0. The van der Waals surface area contributed by atoms with Gasteiger partial charge < -0.3 is 15.0 Å². The summed E-state index contributed by atoms with van der Waals surface area (Å²) in [5.74, 6) is 0.850. The molecule has 0 aliphatic carbocycles. The van der Waals surface area contributed by atoms with E-state index in [1.54, 1.807) is 11.3 Å². The van der Waals surface area contributed by atoms with Gasteiger partial charge in [-0.15, -0.1) is 35.3 Å². The Balaban J connectivity index is 0.00000261. The third kappa shape index (κ3) is 6.46. The molecule has 0 aliphatic heterocycles. The van der Waals surface area contributed by atoms with Gasteiger partial charge in [-0.2, -0.15) is 0 Å². The van der Waals surface area contributed by atoms with Crippen molar-refractivity contribution in [2.75, 3.05) is 19.6 Å². The zero-order valence-electron chi connectivity index (χ0n) is 15.8. The van der Waals surface area contributed by atoms with Gasteiger partial charge in [0.1, 0.15) is 5.65 Å². The Morgan fingerprint density at radius 2 is 2.11 bits per heavy atom. The van der Waals surface area contributed by atoms with Crippen LogP contribution in [0.15, 0.2) is 41.8 Å². The van der Waals surface area contributed by atoms with Gasteiger partial charge in [-0.25, -0.2) is 9.97 Å². The predicted octanol–water partition coefficient (Wildman–Crippen LogP) is 3.31. The van der Waals surface area contributed by atoms with E-state index >= 15 is 0 Å². The fourth-order valence-electron chi connectivity index (χ4n) is 2.65. The molecule has 6 nitrogen and oxygen atoms in total. The van der Waals surface area contributed by atoms with Crippen LogP contribution in [-0.2, 0) is 19.3 Å². The number of aliphatic imine (C=N–C) groups is 1. The van der Waals surface area contributed by atoms with Crippen molar-refractivity contribution in [2.24, 2.45) is 4.99 Å². The highest BCUT2D eigenvalue weighted by molar-refractivity contribution is 14.0. The summed E-state index contributed by atoms with van der Waals surface area (Å²) in [6.07, 6.45) is 8.87. The first-order chi connectivity index (χ1) is 12.8. The molecule has 8 heteroatoms. The molecule has 0 aliphatic rings. The van der Waals surface area contributed by atoms with Crippen molar-refractivity contribution in [3.8, 4) is 0 Å². The molecule has 3 rings (SSSR count). The molecule has 3 aromatic heterocycles. The van der Waals surface area contributed by atoms with Gasteiger partial charge in [-0.1, -0.05) is 13.0 Å². The highest BCUT2D eigenvalue weighted by atomic mass is 127. The third-order valence-corrected chi connectivity index (χ3v) is 5.18. The van der Waals surface area contributed by atoms with Crippen LogP contribution in [0.2, 0.25) is 0 Å². The number of nitrogens with zero attached hydrogens (tertiary/aromatic N) is 4. The number of hydrogen-bond donors (Lipinski definition) is 2. The number of pyridine rings is 1. The fraction of sp³-hybridized carbons (Fsp3) is 0.421. The zero-order chi connectivity index (χ0) is 18.2. The summed E-state index contributed by atoms with van der Waals surface area (Å²) in [5.41, 5.74) is 2.06. The van der Waals surface area contributed by atoms with Crippen LogP contribution in [0.1, 0.15) is 29.4 Å². The van der Waals surface area contributed by atoms with Crippen LogP contribution in [0.25, 0.3) is 5.65 Å².